The van der Waals surface area contributed by atoms with Crippen molar-refractivity contribution in [3.8, 4) is 5.75 Å². The Morgan fingerprint density at radius 3 is 2.31 bits per heavy atom. The van der Waals surface area contributed by atoms with Crippen LogP contribution in [0.2, 0.25) is 0 Å². The average molecular weight is 727 g/mol. The Bertz CT molecular complexity index is 1750. The lowest BCUT2D eigenvalue weighted by Gasteiger charge is -2.36. The first-order chi connectivity index (χ1) is 24.7. The molecule has 10 nitrogen and oxygen atoms in total. The zero-order valence-electron chi connectivity index (χ0n) is 30.2. The number of likely N-dealkylation sites (tertiary alicyclic amines) is 1. The van der Waals surface area contributed by atoms with Crippen molar-refractivity contribution in [1.82, 2.24) is 19.8 Å². The van der Waals surface area contributed by atoms with E-state index < -0.39 is 35.2 Å². The summed E-state index contributed by atoms with van der Waals surface area (Å²) in [6, 6.07) is 12.5. The summed E-state index contributed by atoms with van der Waals surface area (Å²) < 4.78 is 70.9. The molecule has 0 aliphatic carbocycles. The van der Waals surface area contributed by atoms with Crippen molar-refractivity contribution < 1.29 is 36.6 Å². The fourth-order valence-electron chi connectivity index (χ4n) is 8.11. The topological polar surface area (TPSA) is 91.3 Å². The third kappa shape index (κ3) is 7.39. The minimum absolute atomic E-state index is 0.00226. The molecule has 3 saturated heterocycles. The van der Waals surface area contributed by atoms with Gasteiger partial charge in [0.15, 0.2) is 0 Å². The number of anilines is 2. The van der Waals surface area contributed by atoms with E-state index in [-0.39, 0.29) is 50.5 Å². The lowest BCUT2D eigenvalue weighted by Crippen LogP contribution is -2.50. The van der Waals surface area contributed by atoms with Crippen LogP contribution in [0.1, 0.15) is 47.2 Å². The van der Waals surface area contributed by atoms with Crippen LogP contribution in [0.15, 0.2) is 54.7 Å². The van der Waals surface area contributed by atoms with Crippen molar-refractivity contribution in [3.63, 3.8) is 0 Å². The van der Waals surface area contributed by atoms with Crippen molar-refractivity contribution in [1.29, 1.82) is 0 Å². The molecule has 4 heterocycles. The van der Waals surface area contributed by atoms with E-state index in [4.69, 9.17) is 9.47 Å². The number of hydrogen-bond acceptors (Lipinski definition) is 8. The highest BCUT2D eigenvalue weighted by molar-refractivity contribution is 5.89. The quantitative estimate of drug-likeness (QED) is 0.274. The van der Waals surface area contributed by atoms with Gasteiger partial charge in [-0.15, -0.1) is 0 Å². The first-order valence-electron chi connectivity index (χ1n) is 17.6. The minimum Gasteiger partial charge on any atom is -0.497 e. The van der Waals surface area contributed by atoms with Gasteiger partial charge in [-0.1, -0.05) is 18.2 Å². The van der Waals surface area contributed by atoms with Gasteiger partial charge in [0.1, 0.15) is 17.4 Å². The summed E-state index contributed by atoms with van der Waals surface area (Å²) in [7, 11) is 6.48. The second-order valence-corrected chi connectivity index (χ2v) is 14.3. The van der Waals surface area contributed by atoms with E-state index >= 15 is 4.39 Å². The molecule has 0 saturated carbocycles. The number of carbonyl (C=O) groups excluding carboxylic acids is 2. The molecule has 3 fully saturated rings. The Labute approximate surface area is 301 Å². The van der Waals surface area contributed by atoms with E-state index in [1.54, 1.807) is 74.5 Å². The SMILES string of the molecule is COC[C@H]1CN(C(=O)[C@]2(F)CN(c3ccnc(C)n3)C[C@H]2c2ccc(OC)cc2)C[C@@H]1c1ccc(C(F)(F)F)cc1N1CCC(C(=O)N(C)C)CC1. The molecule has 280 valence electrons. The van der Waals surface area contributed by atoms with Gasteiger partial charge in [0, 0.05) is 89.5 Å². The van der Waals surface area contributed by atoms with Gasteiger partial charge in [-0.2, -0.15) is 13.2 Å². The minimum atomic E-state index is -4.57. The molecule has 3 aliphatic heterocycles. The smallest absolute Gasteiger partial charge is 0.416 e. The number of alkyl halides is 4. The Morgan fingerprint density at radius 1 is 0.981 bits per heavy atom. The summed E-state index contributed by atoms with van der Waals surface area (Å²) in [4.78, 5) is 42.7. The molecule has 0 N–H and O–H groups in total. The summed E-state index contributed by atoms with van der Waals surface area (Å²) in [5.74, 6) is -0.815. The maximum Gasteiger partial charge on any atom is 0.416 e. The Morgan fingerprint density at radius 2 is 1.69 bits per heavy atom. The van der Waals surface area contributed by atoms with Gasteiger partial charge in [-0.05, 0) is 61.2 Å². The highest BCUT2D eigenvalue weighted by Crippen LogP contribution is 2.46. The van der Waals surface area contributed by atoms with Gasteiger partial charge < -0.3 is 29.1 Å². The monoisotopic (exact) mass is 726 g/mol. The summed E-state index contributed by atoms with van der Waals surface area (Å²) in [5.41, 5.74) is -1.42. The molecular formula is C38H46F4N6O4. The molecule has 0 spiro atoms. The van der Waals surface area contributed by atoms with Gasteiger partial charge in [0.25, 0.3) is 5.91 Å². The summed E-state index contributed by atoms with van der Waals surface area (Å²) >= 11 is 0. The van der Waals surface area contributed by atoms with E-state index in [1.165, 1.54) is 24.1 Å². The van der Waals surface area contributed by atoms with E-state index in [2.05, 4.69) is 9.97 Å². The zero-order chi connectivity index (χ0) is 37.4. The molecule has 0 unspecified atom stereocenters. The fourth-order valence-corrected chi connectivity index (χ4v) is 8.11. The van der Waals surface area contributed by atoms with Crippen molar-refractivity contribution in [2.45, 2.75) is 43.4 Å². The van der Waals surface area contributed by atoms with Crippen LogP contribution in [0.4, 0.5) is 29.1 Å². The number of rotatable bonds is 9. The number of benzene rings is 2. The number of methoxy groups -OCH3 is 2. The number of piperidine rings is 1. The fraction of sp³-hybridized carbons (Fsp3) is 0.526. The molecule has 0 radical (unpaired) electrons. The molecule has 1 aromatic heterocycles. The van der Waals surface area contributed by atoms with Gasteiger partial charge in [-0.3, -0.25) is 9.59 Å². The van der Waals surface area contributed by atoms with Gasteiger partial charge in [0.05, 0.1) is 25.8 Å². The molecule has 14 heteroatoms. The van der Waals surface area contributed by atoms with Crippen molar-refractivity contribution in [2.24, 2.45) is 11.8 Å². The van der Waals surface area contributed by atoms with Crippen LogP contribution in [0, 0.1) is 18.8 Å². The van der Waals surface area contributed by atoms with Crippen molar-refractivity contribution in [3.05, 3.63) is 77.2 Å². The van der Waals surface area contributed by atoms with E-state index in [0.717, 1.165) is 6.07 Å². The number of nitrogens with zero attached hydrogens (tertiary/aromatic N) is 6. The zero-order valence-corrected chi connectivity index (χ0v) is 30.2. The predicted octanol–water partition coefficient (Wildman–Crippen LogP) is 5.32. The maximum atomic E-state index is 17.8. The number of carbonyl (C=O) groups is 2. The van der Waals surface area contributed by atoms with E-state index in [9.17, 15) is 22.8 Å². The predicted molar refractivity (Wildman–Crippen MR) is 188 cm³/mol. The molecule has 3 aliphatic rings. The standard InChI is InChI=1S/C38H46F4N6O4/c1-24-43-15-12-34(44-24)48-21-32(25-6-9-29(52-5)10-7-25)37(39,23-48)36(50)47-19-27(22-51-4)31(20-47)30-11-8-28(38(40,41)42)18-33(30)46-16-13-26(14-17-46)35(49)45(2)3/h6-12,15,18,26-27,31-32H,13-14,16-17,19-23H2,1-5H3/t27-,31+,32+,37+/m1/s1. The van der Waals surface area contributed by atoms with E-state index in [0.29, 0.717) is 60.1 Å². The van der Waals surface area contributed by atoms with Gasteiger partial charge >= 0.3 is 6.18 Å². The Kier molecular flexibility index (Phi) is 10.7. The van der Waals surface area contributed by atoms with Crippen LogP contribution >= 0.6 is 0 Å². The molecule has 0 bridgehead atoms. The Balaban J connectivity index is 1.32. The summed E-state index contributed by atoms with van der Waals surface area (Å²) in [6.07, 6.45) is -1.96. The summed E-state index contributed by atoms with van der Waals surface area (Å²) in [6.45, 7) is 3.01. The summed E-state index contributed by atoms with van der Waals surface area (Å²) in [5, 5.41) is 0. The highest BCUT2D eigenvalue weighted by Gasteiger charge is 2.57. The highest BCUT2D eigenvalue weighted by atomic mass is 19.4. The maximum absolute atomic E-state index is 17.8. The van der Waals surface area contributed by atoms with Crippen LogP contribution in [0.5, 0.6) is 5.75 Å². The number of aromatic nitrogens is 2. The average Bonchev–Trinajstić information content (AvgIpc) is 3.72. The first-order valence-corrected chi connectivity index (χ1v) is 17.6. The number of halogens is 4. The molecule has 2 amide bonds. The van der Waals surface area contributed by atoms with Crippen LogP contribution in [0.25, 0.3) is 0 Å². The lowest BCUT2D eigenvalue weighted by molar-refractivity contribution is -0.142. The van der Waals surface area contributed by atoms with Crippen molar-refractivity contribution in [2.75, 3.05) is 84.0 Å². The molecule has 3 aromatic rings. The second kappa shape index (κ2) is 14.9. The van der Waals surface area contributed by atoms with Crippen LogP contribution in [0.3, 0.4) is 0 Å². The molecular weight excluding hydrogens is 680 g/mol. The van der Waals surface area contributed by atoms with Crippen molar-refractivity contribution >= 4 is 23.3 Å². The number of amides is 2. The second-order valence-electron chi connectivity index (χ2n) is 14.3. The largest absolute Gasteiger partial charge is 0.497 e. The number of hydrogen-bond donors (Lipinski definition) is 0. The molecule has 6 rings (SSSR count). The first kappa shape index (κ1) is 37.3. The Hall–Kier alpha value is -4.46. The normalized spacial score (nSPS) is 24.0. The van der Waals surface area contributed by atoms with Gasteiger partial charge in [0.2, 0.25) is 11.6 Å². The van der Waals surface area contributed by atoms with Crippen LogP contribution in [-0.4, -0.2) is 111 Å². The van der Waals surface area contributed by atoms with E-state index in [1.807, 2.05) is 4.90 Å². The number of ether oxygens (including phenoxy) is 2. The third-order valence-electron chi connectivity index (χ3n) is 10.8. The lowest BCUT2D eigenvalue weighted by atomic mass is 9.85. The number of aryl methyl sites for hydroxylation is 1. The van der Waals surface area contributed by atoms with Gasteiger partial charge in [-0.25, -0.2) is 14.4 Å². The van der Waals surface area contributed by atoms with Crippen LogP contribution in [-0.2, 0) is 20.5 Å². The molecule has 52 heavy (non-hydrogen) atoms. The third-order valence-corrected chi connectivity index (χ3v) is 10.8. The molecule has 2 aromatic carbocycles. The van der Waals surface area contributed by atoms with Crippen LogP contribution < -0.4 is 14.5 Å². The molecule has 4 atom stereocenters.